The molecule has 0 unspecified atom stereocenters. The predicted octanol–water partition coefficient (Wildman–Crippen LogP) is 0.932. The minimum Gasteiger partial charge on any atom is -0.302 e. The molecule has 0 aliphatic carbocycles. The SMILES string of the molecule is Cc1ccn2c(NC(=O)c3ccc4c(=O)n(C)cnc4c3)nnc2n1. The number of amides is 1. The van der Waals surface area contributed by atoms with Crippen LogP contribution in [0.1, 0.15) is 16.1 Å². The van der Waals surface area contributed by atoms with Crippen molar-refractivity contribution in [2.45, 2.75) is 6.92 Å². The van der Waals surface area contributed by atoms with Gasteiger partial charge in [-0.2, -0.15) is 0 Å². The molecule has 1 amide bonds. The predicted molar refractivity (Wildman–Crippen MR) is 90.5 cm³/mol. The Bertz CT molecular complexity index is 1190. The van der Waals surface area contributed by atoms with Crippen LogP contribution in [0.3, 0.4) is 0 Å². The Labute approximate surface area is 141 Å². The molecule has 0 radical (unpaired) electrons. The molecule has 3 heterocycles. The Balaban J connectivity index is 1.69. The van der Waals surface area contributed by atoms with Gasteiger partial charge in [0.05, 0.1) is 17.2 Å². The van der Waals surface area contributed by atoms with Gasteiger partial charge < -0.3 is 4.57 Å². The van der Waals surface area contributed by atoms with Gasteiger partial charge in [-0.3, -0.25) is 19.3 Å². The lowest BCUT2D eigenvalue weighted by atomic mass is 10.1. The second kappa shape index (κ2) is 5.48. The van der Waals surface area contributed by atoms with Gasteiger partial charge in [0.15, 0.2) is 0 Å². The number of aromatic nitrogens is 6. The van der Waals surface area contributed by atoms with Gasteiger partial charge in [0, 0.05) is 24.5 Å². The largest absolute Gasteiger partial charge is 0.302 e. The van der Waals surface area contributed by atoms with E-state index in [-0.39, 0.29) is 17.4 Å². The van der Waals surface area contributed by atoms with E-state index in [1.165, 1.54) is 10.9 Å². The smallest absolute Gasteiger partial charge is 0.260 e. The van der Waals surface area contributed by atoms with E-state index < -0.39 is 0 Å². The number of carbonyl (C=O) groups is 1. The van der Waals surface area contributed by atoms with Crippen molar-refractivity contribution >= 4 is 28.5 Å². The number of nitrogens with one attached hydrogen (secondary N) is 1. The molecule has 25 heavy (non-hydrogen) atoms. The molecule has 9 heteroatoms. The number of rotatable bonds is 2. The van der Waals surface area contributed by atoms with Crippen LogP contribution >= 0.6 is 0 Å². The fourth-order valence-corrected chi connectivity index (χ4v) is 2.48. The maximum atomic E-state index is 12.5. The first-order chi connectivity index (χ1) is 12.0. The lowest BCUT2D eigenvalue weighted by Crippen LogP contribution is -2.18. The van der Waals surface area contributed by atoms with E-state index in [9.17, 15) is 9.59 Å². The molecule has 124 valence electrons. The second-order valence-electron chi connectivity index (χ2n) is 5.61. The zero-order chi connectivity index (χ0) is 17.6. The van der Waals surface area contributed by atoms with E-state index in [0.29, 0.717) is 22.2 Å². The van der Waals surface area contributed by atoms with Crippen molar-refractivity contribution in [2.75, 3.05) is 5.32 Å². The summed E-state index contributed by atoms with van der Waals surface area (Å²) >= 11 is 0. The van der Waals surface area contributed by atoms with Gasteiger partial charge in [-0.25, -0.2) is 9.97 Å². The third-order valence-corrected chi connectivity index (χ3v) is 3.83. The van der Waals surface area contributed by atoms with Crippen LogP contribution < -0.4 is 10.9 Å². The number of carbonyl (C=O) groups excluding carboxylic acids is 1. The molecule has 0 saturated carbocycles. The normalized spacial score (nSPS) is 11.1. The topological polar surface area (TPSA) is 107 Å². The molecule has 1 aromatic carbocycles. The van der Waals surface area contributed by atoms with Crippen molar-refractivity contribution in [3.63, 3.8) is 0 Å². The Kier molecular flexibility index (Phi) is 3.27. The Hall–Kier alpha value is -3.62. The molecule has 9 nitrogen and oxygen atoms in total. The van der Waals surface area contributed by atoms with Crippen LogP contribution in [0, 0.1) is 6.92 Å². The van der Waals surface area contributed by atoms with Crippen molar-refractivity contribution in [2.24, 2.45) is 7.05 Å². The van der Waals surface area contributed by atoms with Crippen molar-refractivity contribution in [1.29, 1.82) is 0 Å². The molecule has 0 aliphatic rings. The minimum atomic E-state index is -0.376. The average molecular weight is 335 g/mol. The standard InChI is InChI=1S/C16H13N7O2/c1-9-5-6-23-15(18-9)20-21-16(23)19-13(24)10-3-4-11-12(7-10)17-8-22(2)14(11)25/h3-8H,1-2H3,(H,19,21,24). The molecule has 0 aliphatic heterocycles. The molecular formula is C16H13N7O2. The highest BCUT2D eigenvalue weighted by Crippen LogP contribution is 2.13. The van der Waals surface area contributed by atoms with Crippen LogP contribution in [0.4, 0.5) is 5.95 Å². The van der Waals surface area contributed by atoms with Gasteiger partial charge in [0.25, 0.3) is 17.2 Å². The van der Waals surface area contributed by atoms with Crippen molar-refractivity contribution in [1.82, 2.24) is 29.1 Å². The number of aryl methyl sites for hydroxylation is 2. The van der Waals surface area contributed by atoms with E-state index in [0.717, 1.165) is 5.69 Å². The van der Waals surface area contributed by atoms with Gasteiger partial charge >= 0.3 is 0 Å². The third-order valence-electron chi connectivity index (χ3n) is 3.83. The van der Waals surface area contributed by atoms with Crippen LogP contribution in [-0.2, 0) is 7.05 Å². The first kappa shape index (κ1) is 14.9. The van der Waals surface area contributed by atoms with Crippen LogP contribution in [0.15, 0.2) is 41.6 Å². The summed E-state index contributed by atoms with van der Waals surface area (Å²) in [5.41, 5.74) is 1.46. The summed E-state index contributed by atoms with van der Waals surface area (Å²) in [4.78, 5) is 32.9. The fourth-order valence-electron chi connectivity index (χ4n) is 2.48. The lowest BCUT2D eigenvalue weighted by molar-refractivity contribution is 0.102. The highest BCUT2D eigenvalue weighted by atomic mass is 16.2. The fraction of sp³-hybridized carbons (Fsp3) is 0.125. The van der Waals surface area contributed by atoms with Gasteiger partial charge in [-0.05, 0) is 31.2 Å². The first-order valence-corrected chi connectivity index (χ1v) is 7.48. The Morgan fingerprint density at radius 2 is 2.04 bits per heavy atom. The van der Waals surface area contributed by atoms with Crippen LogP contribution in [0.25, 0.3) is 16.7 Å². The summed E-state index contributed by atoms with van der Waals surface area (Å²) in [6.07, 6.45) is 3.16. The summed E-state index contributed by atoms with van der Waals surface area (Å²) in [6.45, 7) is 1.85. The van der Waals surface area contributed by atoms with Gasteiger partial charge in [0.1, 0.15) is 0 Å². The van der Waals surface area contributed by atoms with Gasteiger partial charge in [-0.1, -0.05) is 0 Å². The Morgan fingerprint density at radius 3 is 2.88 bits per heavy atom. The molecule has 0 saturated heterocycles. The summed E-state index contributed by atoms with van der Waals surface area (Å²) in [7, 11) is 1.63. The number of nitrogens with zero attached hydrogens (tertiary/aromatic N) is 6. The maximum Gasteiger partial charge on any atom is 0.260 e. The highest BCUT2D eigenvalue weighted by Gasteiger charge is 2.13. The third kappa shape index (κ3) is 2.51. The molecular weight excluding hydrogens is 322 g/mol. The zero-order valence-electron chi connectivity index (χ0n) is 13.5. The number of anilines is 1. The lowest BCUT2D eigenvalue weighted by Gasteiger charge is -2.05. The van der Waals surface area contributed by atoms with Crippen molar-refractivity contribution in [3.05, 3.63) is 58.4 Å². The summed E-state index contributed by atoms with van der Waals surface area (Å²) in [5.74, 6) is 0.294. The molecule has 4 rings (SSSR count). The van der Waals surface area contributed by atoms with E-state index in [1.54, 1.807) is 41.9 Å². The Morgan fingerprint density at radius 1 is 1.20 bits per heavy atom. The van der Waals surface area contributed by atoms with Crippen molar-refractivity contribution in [3.8, 4) is 0 Å². The first-order valence-electron chi connectivity index (χ1n) is 7.48. The maximum absolute atomic E-state index is 12.5. The van der Waals surface area contributed by atoms with E-state index >= 15 is 0 Å². The van der Waals surface area contributed by atoms with E-state index in [2.05, 4.69) is 25.5 Å². The summed E-state index contributed by atoms with van der Waals surface area (Å²) in [6, 6.07) is 6.53. The average Bonchev–Trinajstić information content (AvgIpc) is 2.99. The number of hydrogen-bond donors (Lipinski definition) is 1. The molecule has 0 atom stereocenters. The second-order valence-corrected chi connectivity index (χ2v) is 5.61. The molecule has 0 spiro atoms. The minimum absolute atomic E-state index is 0.165. The highest BCUT2D eigenvalue weighted by molar-refractivity contribution is 6.05. The number of benzene rings is 1. The molecule has 3 aromatic heterocycles. The number of fused-ring (bicyclic) bond motifs is 2. The monoisotopic (exact) mass is 335 g/mol. The zero-order valence-corrected chi connectivity index (χ0v) is 13.5. The molecule has 0 bridgehead atoms. The van der Waals surface area contributed by atoms with E-state index in [4.69, 9.17) is 0 Å². The number of hydrogen-bond acceptors (Lipinski definition) is 6. The van der Waals surface area contributed by atoms with Gasteiger partial charge in [-0.15, -0.1) is 10.2 Å². The molecule has 1 N–H and O–H groups in total. The van der Waals surface area contributed by atoms with Crippen LogP contribution in [0.5, 0.6) is 0 Å². The van der Waals surface area contributed by atoms with Crippen LogP contribution in [-0.4, -0.2) is 35.0 Å². The molecule has 4 aromatic rings. The summed E-state index contributed by atoms with van der Waals surface area (Å²) < 4.78 is 2.97. The van der Waals surface area contributed by atoms with Gasteiger partial charge in [0.2, 0.25) is 5.95 Å². The van der Waals surface area contributed by atoms with E-state index in [1.807, 2.05) is 6.92 Å². The molecule has 0 fully saturated rings. The summed E-state index contributed by atoms with van der Waals surface area (Å²) in [5, 5.41) is 11.0. The quantitative estimate of drug-likeness (QED) is 0.584. The van der Waals surface area contributed by atoms with Crippen molar-refractivity contribution < 1.29 is 4.79 Å². The van der Waals surface area contributed by atoms with Crippen LogP contribution in [0.2, 0.25) is 0 Å².